The first-order chi connectivity index (χ1) is 13.7. The van der Waals surface area contributed by atoms with Gasteiger partial charge in [0.05, 0.1) is 12.3 Å². The monoisotopic (exact) mass is 395 g/mol. The zero-order chi connectivity index (χ0) is 19.1. The van der Waals surface area contributed by atoms with Crippen molar-refractivity contribution < 1.29 is 5.11 Å². The number of rotatable bonds is 5. The van der Waals surface area contributed by atoms with Crippen LogP contribution in [0, 0.1) is 0 Å². The van der Waals surface area contributed by atoms with E-state index in [0.29, 0.717) is 28.7 Å². The molecule has 28 heavy (non-hydrogen) atoms. The van der Waals surface area contributed by atoms with Gasteiger partial charge in [-0.3, -0.25) is 4.79 Å². The fourth-order valence-electron chi connectivity index (χ4n) is 3.85. The van der Waals surface area contributed by atoms with E-state index in [1.807, 2.05) is 34.9 Å². The molecule has 4 aromatic rings. The number of aliphatic hydroxyl groups is 1. The lowest BCUT2D eigenvalue weighted by Crippen LogP contribution is -2.14. The van der Waals surface area contributed by atoms with E-state index in [-0.39, 0.29) is 12.2 Å². The fraction of sp³-hybridized carbons (Fsp3) is 0.350. The van der Waals surface area contributed by atoms with Gasteiger partial charge in [0.25, 0.3) is 5.56 Å². The van der Waals surface area contributed by atoms with E-state index in [0.717, 1.165) is 16.4 Å². The Kier molecular flexibility index (Phi) is 4.44. The van der Waals surface area contributed by atoms with Gasteiger partial charge < -0.3 is 14.7 Å². The van der Waals surface area contributed by atoms with Gasteiger partial charge in [-0.25, -0.2) is 9.38 Å². The molecule has 3 aromatic heterocycles. The number of benzene rings is 1. The van der Waals surface area contributed by atoms with Crippen LogP contribution in [0.2, 0.25) is 0 Å². The van der Waals surface area contributed by atoms with Crippen LogP contribution in [0.15, 0.2) is 46.5 Å². The third-order valence-corrected chi connectivity index (χ3v) is 6.58. The Balaban J connectivity index is 1.66. The molecule has 0 atom stereocenters. The Morgan fingerprint density at radius 3 is 2.71 bits per heavy atom. The summed E-state index contributed by atoms with van der Waals surface area (Å²) in [7, 11) is 0. The molecule has 1 fully saturated rings. The summed E-state index contributed by atoms with van der Waals surface area (Å²) in [4.78, 5) is 25.6. The first-order valence-corrected chi connectivity index (χ1v) is 10.5. The second-order valence-electron chi connectivity index (χ2n) is 7.11. The summed E-state index contributed by atoms with van der Waals surface area (Å²) in [5, 5.41) is 10.8. The molecule has 1 aliphatic carbocycles. The summed E-state index contributed by atoms with van der Waals surface area (Å²) >= 11 is 1.70. The van der Waals surface area contributed by atoms with E-state index in [4.69, 9.17) is 0 Å². The van der Waals surface area contributed by atoms with Crippen molar-refractivity contribution in [2.75, 3.05) is 6.61 Å². The highest BCUT2D eigenvalue weighted by molar-refractivity contribution is 7.99. The highest BCUT2D eigenvalue weighted by Gasteiger charge is 2.23. The molecule has 0 aliphatic heterocycles. The van der Waals surface area contributed by atoms with E-state index in [1.54, 1.807) is 18.0 Å². The lowest BCUT2D eigenvalue weighted by atomic mass is 10.2. The van der Waals surface area contributed by atoms with Gasteiger partial charge in [0.15, 0.2) is 16.3 Å². The van der Waals surface area contributed by atoms with Gasteiger partial charge in [-0.1, -0.05) is 54.9 Å². The number of nitrogens with one attached hydrogen (secondary N) is 1. The van der Waals surface area contributed by atoms with Crippen molar-refractivity contribution in [2.45, 2.75) is 42.6 Å². The highest BCUT2D eigenvalue weighted by atomic mass is 32.2. The average Bonchev–Trinajstić information content (AvgIpc) is 3.44. The van der Waals surface area contributed by atoms with Crippen LogP contribution in [0.3, 0.4) is 0 Å². The molecule has 0 radical (unpaired) electrons. The van der Waals surface area contributed by atoms with Gasteiger partial charge in [0.1, 0.15) is 0 Å². The van der Waals surface area contributed by atoms with Crippen LogP contribution in [0.5, 0.6) is 0 Å². The predicted octanol–water partition coefficient (Wildman–Crippen LogP) is 3.07. The molecule has 144 valence electrons. The van der Waals surface area contributed by atoms with Crippen LogP contribution >= 0.6 is 11.8 Å². The van der Waals surface area contributed by atoms with Gasteiger partial charge in [-0.2, -0.15) is 4.98 Å². The minimum atomic E-state index is -0.191. The summed E-state index contributed by atoms with van der Waals surface area (Å²) in [6, 6.07) is 9.83. The van der Waals surface area contributed by atoms with Crippen molar-refractivity contribution in [2.24, 2.45) is 0 Å². The molecule has 1 aromatic carbocycles. The molecule has 2 N–H and O–H groups in total. The quantitative estimate of drug-likeness (QED) is 0.542. The topological polar surface area (TPSA) is 88.2 Å². The summed E-state index contributed by atoms with van der Waals surface area (Å²) in [5.41, 5.74) is 2.50. The van der Waals surface area contributed by atoms with Gasteiger partial charge in [-0.15, -0.1) is 0 Å². The van der Waals surface area contributed by atoms with Crippen molar-refractivity contribution in [1.29, 1.82) is 0 Å². The highest BCUT2D eigenvalue weighted by Crippen LogP contribution is 2.35. The van der Waals surface area contributed by atoms with E-state index < -0.39 is 0 Å². The van der Waals surface area contributed by atoms with Crippen molar-refractivity contribution in [3.63, 3.8) is 0 Å². The number of hydrogen-bond donors (Lipinski definition) is 2. The van der Waals surface area contributed by atoms with E-state index in [1.165, 1.54) is 30.1 Å². The molecule has 0 bridgehead atoms. The number of H-pyrrole nitrogens is 1. The minimum Gasteiger partial charge on any atom is -0.395 e. The number of imidazole rings is 2. The van der Waals surface area contributed by atoms with Crippen LogP contribution in [-0.4, -0.2) is 40.9 Å². The Hall–Kier alpha value is -2.58. The van der Waals surface area contributed by atoms with E-state index in [2.05, 4.69) is 15.0 Å². The SMILES string of the molecule is O=c1c2nc(SC3CCCC3)n(CCO)c2nc2[nH]c(-c3ccccc3)cn12. The molecule has 1 saturated carbocycles. The first-order valence-electron chi connectivity index (χ1n) is 9.59. The van der Waals surface area contributed by atoms with Gasteiger partial charge in [-0.05, 0) is 18.4 Å². The fourth-order valence-corrected chi connectivity index (χ4v) is 5.16. The van der Waals surface area contributed by atoms with Gasteiger partial charge in [0, 0.05) is 18.0 Å². The zero-order valence-electron chi connectivity index (χ0n) is 15.3. The first kappa shape index (κ1) is 17.5. The standard InChI is InChI=1S/C20H21N5O2S/c26-11-10-24-17-16(22-20(24)28-14-8-4-5-9-14)18(27)25-12-15(21-19(25)23-17)13-6-2-1-3-7-13/h1-3,6-7,12,14,26H,4-5,8-11H2,(H,21,23). The number of aliphatic hydroxyl groups excluding tert-OH is 1. The maximum Gasteiger partial charge on any atom is 0.287 e. The van der Waals surface area contributed by atoms with Crippen LogP contribution in [0.4, 0.5) is 0 Å². The molecule has 5 rings (SSSR count). The molecule has 8 heteroatoms. The summed E-state index contributed by atoms with van der Waals surface area (Å²) in [6.45, 7) is 0.352. The van der Waals surface area contributed by atoms with Crippen LogP contribution in [0.1, 0.15) is 25.7 Å². The second kappa shape index (κ2) is 7.10. The number of nitrogens with zero attached hydrogens (tertiary/aromatic N) is 4. The molecule has 0 unspecified atom stereocenters. The van der Waals surface area contributed by atoms with Gasteiger partial charge in [0.2, 0.25) is 5.78 Å². The maximum atomic E-state index is 13.1. The predicted molar refractivity (Wildman–Crippen MR) is 110 cm³/mol. The summed E-state index contributed by atoms with van der Waals surface area (Å²) < 4.78 is 3.40. The smallest absolute Gasteiger partial charge is 0.287 e. The van der Waals surface area contributed by atoms with Crippen LogP contribution in [0.25, 0.3) is 28.2 Å². The van der Waals surface area contributed by atoms with E-state index >= 15 is 0 Å². The normalized spacial score (nSPS) is 15.2. The number of aromatic amines is 1. The average molecular weight is 395 g/mol. The van der Waals surface area contributed by atoms with Crippen molar-refractivity contribution in [3.05, 3.63) is 46.9 Å². The molecule has 0 saturated heterocycles. The molecule has 1 aliphatic rings. The third kappa shape index (κ3) is 2.93. The Morgan fingerprint density at radius 2 is 1.96 bits per heavy atom. The molecule has 0 spiro atoms. The van der Waals surface area contributed by atoms with Crippen molar-refractivity contribution >= 4 is 28.7 Å². The molecular formula is C20H21N5O2S. The second-order valence-corrected chi connectivity index (χ2v) is 8.38. The van der Waals surface area contributed by atoms with Crippen LogP contribution in [-0.2, 0) is 6.54 Å². The molecule has 0 amide bonds. The number of thioether (sulfide) groups is 1. The lowest BCUT2D eigenvalue weighted by molar-refractivity contribution is 0.273. The Labute approximate surface area is 165 Å². The summed E-state index contributed by atoms with van der Waals surface area (Å²) in [5.74, 6) is 0.479. The number of fused-ring (bicyclic) bond motifs is 2. The molecule has 3 heterocycles. The number of hydrogen-bond acceptors (Lipinski definition) is 5. The van der Waals surface area contributed by atoms with Crippen LogP contribution < -0.4 is 5.56 Å². The molecular weight excluding hydrogens is 374 g/mol. The molecule has 7 nitrogen and oxygen atoms in total. The van der Waals surface area contributed by atoms with E-state index in [9.17, 15) is 9.90 Å². The largest absolute Gasteiger partial charge is 0.395 e. The maximum absolute atomic E-state index is 13.1. The van der Waals surface area contributed by atoms with Crippen molar-refractivity contribution in [1.82, 2.24) is 23.9 Å². The number of aromatic nitrogens is 5. The third-order valence-electron chi connectivity index (χ3n) is 5.25. The van der Waals surface area contributed by atoms with Gasteiger partial charge >= 0.3 is 0 Å². The Morgan fingerprint density at radius 1 is 1.18 bits per heavy atom. The summed E-state index contributed by atoms with van der Waals surface area (Å²) in [6.07, 6.45) is 6.59. The van der Waals surface area contributed by atoms with Crippen molar-refractivity contribution in [3.8, 4) is 11.3 Å². The lowest BCUT2D eigenvalue weighted by Gasteiger charge is -2.10. The zero-order valence-corrected chi connectivity index (χ0v) is 16.2. The minimum absolute atomic E-state index is 0.0231. The Bertz CT molecular complexity index is 1190.